The van der Waals surface area contributed by atoms with Crippen molar-refractivity contribution in [3.05, 3.63) is 42.7 Å². The SMILES string of the molecule is COc1ccc(NC(C)=O)cc1NC(=O)CC1(n2cccc2)CCOCC1. The molecule has 0 radical (unpaired) electrons. The maximum Gasteiger partial charge on any atom is 0.226 e. The third-order valence-corrected chi connectivity index (χ3v) is 4.86. The van der Waals surface area contributed by atoms with Crippen LogP contribution in [0.15, 0.2) is 42.7 Å². The molecular weight excluding hydrogens is 346 g/mol. The number of hydrogen-bond acceptors (Lipinski definition) is 4. The summed E-state index contributed by atoms with van der Waals surface area (Å²) in [5, 5.41) is 5.65. The van der Waals surface area contributed by atoms with E-state index in [0.29, 0.717) is 36.8 Å². The van der Waals surface area contributed by atoms with Crippen LogP contribution < -0.4 is 15.4 Å². The Morgan fingerprint density at radius 2 is 1.89 bits per heavy atom. The van der Waals surface area contributed by atoms with Gasteiger partial charge < -0.3 is 24.7 Å². The van der Waals surface area contributed by atoms with Crippen LogP contribution in [0.4, 0.5) is 11.4 Å². The predicted molar refractivity (Wildman–Crippen MR) is 103 cm³/mol. The fraction of sp³-hybridized carbons (Fsp3) is 0.400. The average Bonchev–Trinajstić information content (AvgIpc) is 3.17. The number of amides is 2. The molecule has 1 aliphatic rings. The summed E-state index contributed by atoms with van der Waals surface area (Å²) < 4.78 is 13.0. The maximum atomic E-state index is 12.9. The molecule has 0 aliphatic carbocycles. The number of anilines is 2. The fourth-order valence-electron chi connectivity index (χ4n) is 3.51. The Bertz CT molecular complexity index is 796. The largest absolute Gasteiger partial charge is 0.495 e. The van der Waals surface area contributed by atoms with Gasteiger partial charge in [-0.2, -0.15) is 0 Å². The van der Waals surface area contributed by atoms with Gasteiger partial charge in [0.15, 0.2) is 0 Å². The van der Waals surface area contributed by atoms with Crippen LogP contribution in [0.3, 0.4) is 0 Å². The summed E-state index contributed by atoms with van der Waals surface area (Å²) in [6.07, 6.45) is 5.88. The van der Waals surface area contributed by atoms with Crippen LogP contribution in [0.1, 0.15) is 26.2 Å². The summed E-state index contributed by atoms with van der Waals surface area (Å²) in [5.41, 5.74) is 0.835. The van der Waals surface area contributed by atoms with Crippen LogP contribution >= 0.6 is 0 Å². The van der Waals surface area contributed by atoms with Crippen molar-refractivity contribution in [3.8, 4) is 5.75 Å². The lowest BCUT2D eigenvalue weighted by Gasteiger charge is -2.38. The lowest BCUT2D eigenvalue weighted by Crippen LogP contribution is -2.42. The molecule has 1 aliphatic heterocycles. The Morgan fingerprint density at radius 3 is 2.52 bits per heavy atom. The second-order valence-corrected chi connectivity index (χ2v) is 6.75. The first-order valence-corrected chi connectivity index (χ1v) is 8.99. The van der Waals surface area contributed by atoms with Crippen molar-refractivity contribution < 1.29 is 19.1 Å². The number of nitrogens with zero attached hydrogens (tertiary/aromatic N) is 1. The van der Waals surface area contributed by atoms with Gasteiger partial charge >= 0.3 is 0 Å². The highest BCUT2D eigenvalue weighted by atomic mass is 16.5. The highest BCUT2D eigenvalue weighted by Crippen LogP contribution is 2.34. The molecule has 1 aromatic heterocycles. The summed E-state index contributed by atoms with van der Waals surface area (Å²) in [7, 11) is 1.54. The van der Waals surface area contributed by atoms with Gasteiger partial charge in [0.1, 0.15) is 5.75 Å². The number of methoxy groups -OCH3 is 1. The Balaban J connectivity index is 1.79. The van der Waals surface area contributed by atoms with Crippen molar-refractivity contribution in [1.82, 2.24) is 4.57 Å². The van der Waals surface area contributed by atoms with E-state index in [-0.39, 0.29) is 17.4 Å². The molecular formula is C20H25N3O4. The minimum atomic E-state index is -0.297. The van der Waals surface area contributed by atoms with Gasteiger partial charge in [-0.3, -0.25) is 9.59 Å². The van der Waals surface area contributed by atoms with Crippen LogP contribution in [0.2, 0.25) is 0 Å². The van der Waals surface area contributed by atoms with Crippen molar-refractivity contribution in [2.75, 3.05) is 31.0 Å². The van der Waals surface area contributed by atoms with Gasteiger partial charge in [-0.1, -0.05) is 0 Å². The molecule has 1 fully saturated rings. The minimum Gasteiger partial charge on any atom is -0.495 e. The van der Waals surface area contributed by atoms with Crippen molar-refractivity contribution in [1.29, 1.82) is 0 Å². The fourth-order valence-corrected chi connectivity index (χ4v) is 3.51. The normalized spacial score (nSPS) is 15.8. The Hall–Kier alpha value is -2.80. The highest BCUT2D eigenvalue weighted by Gasteiger charge is 2.36. The minimum absolute atomic E-state index is 0.108. The molecule has 2 heterocycles. The first kappa shape index (κ1) is 19.0. The van der Waals surface area contributed by atoms with E-state index in [0.717, 1.165) is 12.8 Å². The van der Waals surface area contributed by atoms with Crippen molar-refractivity contribution in [2.45, 2.75) is 31.7 Å². The highest BCUT2D eigenvalue weighted by molar-refractivity contribution is 5.95. The second-order valence-electron chi connectivity index (χ2n) is 6.75. The van der Waals surface area contributed by atoms with Crippen LogP contribution in [-0.2, 0) is 19.9 Å². The zero-order valence-electron chi connectivity index (χ0n) is 15.7. The van der Waals surface area contributed by atoms with E-state index >= 15 is 0 Å². The van der Waals surface area contributed by atoms with Crippen molar-refractivity contribution in [2.24, 2.45) is 0 Å². The molecule has 7 heteroatoms. The number of aromatic nitrogens is 1. The Labute approximate surface area is 158 Å². The first-order chi connectivity index (χ1) is 13.0. The standard InChI is InChI=1S/C20H25N3O4/c1-15(24)21-16-5-6-18(26-2)17(13-16)22-19(25)14-20(7-11-27-12-8-20)23-9-3-4-10-23/h3-6,9-10,13H,7-8,11-12,14H2,1-2H3,(H,21,24)(H,22,25). The van der Waals surface area contributed by atoms with E-state index in [2.05, 4.69) is 15.2 Å². The molecule has 0 saturated carbocycles. The molecule has 27 heavy (non-hydrogen) atoms. The smallest absolute Gasteiger partial charge is 0.226 e. The zero-order valence-corrected chi connectivity index (χ0v) is 15.7. The van der Waals surface area contributed by atoms with Gasteiger partial charge in [-0.05, 0) is 43.2 Å². The van der Waals surface area contributed by atoms with E-state index in [1.54, 1.807) is 25.3 Å². The predicted octanol–water partition coefficient (Wildman–Crippen LogP) is 2.99. The van der Waals surface area contributed by atoms with Crippen molar-refractivity contribution in [3.63, 3.8) is 0 Å². The summed E-state index contributed by atoms with van der Waals surface area (Å²) in [5.74, 6) is 0.259. The quantitative estimate of drug-likeness (QED) is 0.818. The van der Waals surface area contributed by atoms with Crippen LogP contribution in [0.5, 0.6) is 5.75 Å². The summed E-state index contributed by atoms with van der Waals surface area (Å²) in [6, 6.07) is 9.08. The monoisotopic (exact) mass is 371 g/mol. The van der Waals surface area contributed by atoms with Crippen molar-refractivity contribution >= 4 is 23.2 Å². The van der Waals surface area contributed by atoms with Crippen LogP contribution in [0, 0.1) is 0 Å². The molecule has 7 nitrogen and oxygen atoms in total. The number of nitrogens with one attached hydrogen (secondary N) is 2. The van der Waals surface area contributed by atoms with E-state index in [4.69, 9.17) is 9.47 Å². The summed E-state index contributed by atoms with van der Waals surface area (Å²) in [6.45, 7) is 2.70. The number of carbonyl (C=O) groups is 2. The third kappa shape index (κ3) is 4.49. The first-order valence-electron chi connectivity index (χ1n) is 8.99. The molecule has 1 aromatic carbocycles. The molecule has 0 atom stereocenters. The average molecular weight is 371 g/mol. The van der Waals surface area contributed by atoms with E-state index in [1.807, 2.05) is 24.5 Å². The van der Waals surface area contributed by atoms with Gasteiger partial charge in [0, 0.05) is 38.2 Å². The number of benzene rings is 1. The number of rotatable bonds is 6. The molecule has 2 aromatic rings. The van der Waals surface area contributed by atoms with Gasteiger partial charge in [0.25, 0.3) is 0 Å². The number of hydrogen-bond donors (Lipinski definition) is 2. The van der Waals surface area contributed by atoms with E-state index < -0.39 is 0 Å². The van der Waals surface area contributed by atoms with Crippen LogP contribution in [0.25, 0.3) is 0 Å². The van der Waals surface area contributed by atoms with Gasteiger partial charge in [0.05, 0.1) is 24.8 Å². The molecule has 0 spiro atoms. The Morgan fingerprint density at radius 1 is 1.19 bits per heavy atom. The molecule has 2 amide bonds. The lowest BCUT2D eigenvalue weighted by atomic mass is 9.86. The number of carbonyl (C=O) groups excluding carboxylic acids is 2. The topological polar surface area (TPSA) is 81.6 Å². The summed E-state index contributed by atoms with van der Waals surface area (Å²) in [4.78, 5) is 24.2. The van der Waals surface area contributed by atoms with Gasteiger partial charge in [-0.25, -0.2) is 0 Å². The molecule has 0 bridgehead atoms. The summed E-state index contributed by atoms with van der Waals surface area (Å²) >= 11 is 0. The zero-order chi connectivity index (χ0) is 19.3. The maximum absolute atomic E-state index is 12.9. The molecule has 0 unspecified atom stereocenters. The molecule has 144 valence electrons. The molecule has 3 rings (SSSR count). The molecule has 1 saturated heterocycles. The van der Waals surface area contributed by atoms with E-state index in [9.17, 15) is 9.59 Å². The molecule has 2 N–H and O–H groups in total. The van der Waals surface area contributed by atoms with Crippen LogP contribution in [-0.4, -0.2) is 36.7 Å². The van der Waals surface area contributed by atoms with E-state index in [1.165, 1.54) is 6.92 Å². The van der Waals surface area contributed by atoms with Gasteiger partial charge in [0.2, 0.25) is 11.8 Å². The third-order valence-electron chi connectivity index (χ3n) is 4.86. The number of ether oxygens (including phenoxy) is 2. The second kappa shape index (κ2) is 8.26. The lowest BCUT2D eigenvalue weighted by molar-refractivity contribution is -0.119. The van der Waals surface area contributed by atoms with Gasteiger partial charge in [-0.15, -0.1) is 0 Å². The Kier molecular flexibility index (Phi) is 5.81.